The normalized spacial score (nSPS) is 12.6. The number of hydrogen-bond acceptors (Lipinski definition) is 4. The van der Waals surface area contributed by atoms with Gasteiger partial charge in [0.05, 0.1) is 0 Å². The van der Waals surface area contributed by atoms with Gasteiger partial charge in [-0.25, -0.2) is 0 Å². The molecule has 0 saturated carbocycles. The summed E-state index contributed by atoms with van der Waals surface area (Å²) in [6.07, 6.45) is 6.03. The van der Waals surface area contributed by atoms with Gasteiger partial charge >= 0.3 is 0 Å². The molecule has 0 fully saturated rings. The maximum atomic E-state index is 6.35. The van der Waals surface area contributed by atoms with Crippen LogP contribution in [0.15, 0.2) is 101 Å². The summed E-state index contributed by atoms with van der Waals surface area (Å²) in [4.78, 5) is 10.4. The molecule has 2 heterocycles. The van der Waals surface area contributed by atoms with Crippen LogP contribution in [0.2, 0.25) is 0 Å². The Labute approximate surface area is 198 Å². The van der Waals surface area contributed by atoms with Crippen molar-refractivity contribution in [1.82, 2.24) is 4.98 Å². The van der Waals surface area contributed by atoms with Crippen molar-refractivity contribution >= 4 is 33.9 Å². The van der Waals surface area contributed by atoms with E-state index < -0.39 is 5.60 Å². The fraction of sp³-hybridized carbons (Fsp3) is 0.133. The molecule has 5 rings (SSSR count). The standard InChI is InChI=1S/C30H26N2O2/c1-30(2,3)34-32-26-19-29(27-18-23-11-7-8-12-24(23)20-31-27)33-28-17-22(15-16-25(26)28)14-13-21-9-5-4-6-10-21/h4-20H,1-3H3/b14-13+,32-26?. The topological polar surface area (TPSA) is 47.6 Å². The highest BCUT2D eigenvalue weighted by atomic mass is 16.6. The van der Waals surface area contributed by atoms with E-state index in [1.807, 2.05) is 87.6 Å². The third kappa shape index (κ3) is 4.91. The summed E-state index contributed by atoms with van der Waals surface area (Å²) >= 11 is 0. The van der Waals surface area contributed by atoms with E-state index in [0.29, 0.717) is 11.1 Å². The Kier molecular flexibility index (Phi) is 5.72. The first-order chi connectivity index (χ1) is 16.4. The molecule has 0 aliphatic carbocycles. The molecule has 2 aromatic heterocycles. The van der Waals surface area contributed by atoms with Crippen LogP contribution in [0.5, 0.6) is 0 Å². The Hall–Kier alpha value is -4.18. The molecule has 0 aliphatic rings. The number of pyridine rings is 1. The number of nitrogens with zero attached hydrogens (tertiary/aromatic N) is 2. The van der Waals surface area contributed by atoms with Crippen LogP contribution in [0.25, 0.3) is 45.3 Å². The molecule has 168 valence electrons. The molecule has 4 heteroatoms. The van der Waals surface area contributed by atoms with Gasteiger partial charge < -0.3 is 9.25 Å². The molecule has 0 radical (unpaired) electrons. The average Bonchev–Trinajstić information content (AvgIpc) is 2.85. The van der Waals surface area contributed by atoms with Crippen molar-refractivity contribution in [3.63, 3.8) is 0 Å². The van der Waals surface area contributed by atoms with Gasteiger partial charge in [0.1, 0.15) is 22.2 Å². The van der Waals surface area contributed by atoms with E-state index in [-0.39, 0.29) is 0 Å². The maximum absolute atomic E-state index is 6.35. The number of benzene rings is 3. The van der Waals surface area contributed by atoms with E-state index in [1.165, 1.54) is 0 Å². The second kappa shape index (κ2) is 8.99. The first-order valence-electron chi connectivity index (χ1n) is 11.3. The Bertz CT molecular complexity index is 1560. The Morgan fingerprint density at radius 1 is 0.794 bits per heavy atom. The minimum Gasteiger partial charge on any atom is -0.454 e. The summed E-state index contributed by atoms with van der Waals surface area (Å²) < 4.78 is 6.35. The molecule has 0 amide bonds. The number of aromatic nitrogens is 1. The van der Waals surface area contributed by atoms with E-state index in [0.717, 1.165) is 38.6 Å². The first-order valence-corrected chi connectivity index (χ1v) is 11.3. The quantitative estimate of drug-likeness (QED) is 0.213. The largest absolute Gasteiger partial charge is 0.454 e. The van der Waals surface area contributed by atoms with Crippen molar-refractivity contribution in [2.75, 3.05) is 0 Å². The van der Waals surface area contributed by atoms with E-state index in [9.17, 15) is 0 Å². The molecule has 0 aliphatic heterocycles. The second-order valence-electron chi connectivity index (χ2n) is 9.21. The van der Waals surface area contributed by atoms with Gasteiger partial charge in [0, 0.05) is 23.0 Å². The van der Waals surface area contributed by atoms with E-state index >= 15 is 0 Å². The van der Waals surface area contributed by atoms with Crippen LogP contribution in [-0.2, 0) is 4.84 Å². The molecule has 0 spiro atoms. The van der Waals surface area contributed by atoms with Gasteiger partial charge in [0.15, 0.2) is 5.76 Å². The van der Waals surface area contributed by atoms with E-state index in [1.54, 1.807) is 0 Å². The van der Waals surface area contributed by atoms with Crippen LogP contribution in [0.3, 0.4) is 0 Å². The second-order valence-corrected chi connectivity index (χ2v) is 9.21. The summed E-state index contributed by atoms with van der Waals surface area (Å²) in [7, 11) is 0. The van der Waals surface area contributed by atoms with E-state index in [4.69, 9.17) is 9.25 Å². The van der Waals surface area contributed by atoms with Crippen LogP contribution >= 0.6 is 0 Å². The highest BCUT2D eigenvalue weighted by molar-refractivity contribution is 5.86. The van der Waals surface area contributed by atoms with Gasteiger partial charge in [-0.05, 0) is 55.5 Å². The molecule has 5 aromatic rings. The predicted octanol–water partition coefficient (Wildman–Crippen LogP) is 7.45. The van der Waals surface area contributed by atoms with Crippen LogP contribution in [0, 0.1) is 0 Å². The Morgan fingerprint density at radius 2 is 1.53 bits per heavy atom. The smallest absolute Gasteiger partial charge is 0.155 e. The van der Waals surface area contributed by atoms with Gasteiger partial charge in [0.25, 0.3) is 0 Å². The van der Waals surface area contributed by atoms with Crippen molar-refractivity contribution in [3.05, 3.63) is 108 Å². The lowest BCUT2D eigenvalue weighted by atomic mass is 10.1. The summed E-state index contributed by atoms with van der Waals surface area (Å²) in [5.41, 5.74) is 3.24. The average molecular weight is 447 g/mol. The minimum absolute atomic E-state index is 0.404. The molecule has 0 unspecified atom stereocenters. The Balaban J connectivity index is 1.64. The molecule has 0 N–H and O–H groups in total. The molecule has 0 atom stereocenters. The third-order valence-electron chi connectivity index (χ3n) is 5.34. The van der Waals surface area contributed by atoms with Crippen LogP contribution in [0.4, 0.5) is 0 Å². The SMILES string of the molecule is CC(C)(C)ON=c1cc(-c2cc3ccccc3cn2)oc2cc(/C=C/c3ccccc3)ccc12. The summed E-state index contributed by atoms with van der Waals surface area (Å²) in [6.45, 7) is 5.93. The molecule has 0 saturated heterocycles. The fourth-order valence-corrected chi connectivity index (χ4v) is 3.65. The summed E-state index contributed by atoms with van der Waals surface area (Å²) in [6, 6.07) is 28.4. The lowest BCUT2D eigenvalue weighted by Gasteiger charge is -2.15. The third-order valence-corrected chi connectivity index (χ3v) is 5.34. The van der Waals surface area contributed by atoms with Crippen molar-refractivity contribution < 1.29 is 9.25 Å². The molecule has 4 nitrogen and oxygen atoms in total. The highest BCUT2D eigenvalue weighted by Crippen LogP contribution is 2.25. The minimum atomic E-state index is -0.404. The van der Waals surface area contributed by atoms with Gasteiger partial charge in [-0.1, -0.05) is 78.0 Å². The monoisotopic (exact) mass is 446 g/mol. The van der Waals surface area contributed by atoms with Gasteiger partial charge in [0.2, 0.25) is 0 Å². The number of fused-ring (bicyclic) bond motifs is 2. The van der Waals surface area contributed by atoms with Crippen molar-refractivity contribution in [2.45, 2.75) is 26.4 Å². The zero-order valence-corrected chi connectivity index (χ0v) is 19.5. The van der Waals surface area contributed by atoms with Crippen molar-refractivity contribution in [2.24, 2.45) is 5.16 Å². The van der Waals surface area contributed by atoms with Crippen LogP contribution in [0.1, 0.15) is 31.9 Å². The van der Waals surface area contributed by atoms with Crippen molar-refractivity contribution in [1.29, 1.82) is 0 Å². The fourth-order valence-electron chi connectivity index (χ4n) is 3.65. The van der Waals surface area contributed by atoms with Crippen LogP contribution in [-0.4, -0.2) is 10.6 Å². The molecule has 34 heavy (non-hydrogen) atoms. The number of hydrogen-bond donors (Lipinski definition) is 0. The van der Waals surface area contributed by atoms with Crippen LogP contribution < -0.4 is 5.36 Å². The Morgan fingerprint density at radius 3 is 2.32 bits per heavy atom. The molecular weight excluding hydrogens is 420 g/mol. The lowest BCUT2D eigenvalue weighted by Crippen LogP contribution is -2.18. The van der Waals surface area contributed by atoms with E-state index in [2.05, 4.69) is 46.6 Å². The van der Waals surface area contributed by atoms with Gasteiger partial charge in [-0.2, -0.15) is 0 Å². The highest BCUT2D eigenvalue weighted by Gasteiger charge is 2.12. The molecule has 0 bridgehead atoms. The predicted molar refractivity (Wildman–Crippen MR) is 139 cm³/mol. The first kappa shape index (κ1) is 21.7. The lowest BCUT2D eigenvalue weighted by molar-refractivity contribution is -0.00585. The van der Waals surface area contributed by atoms with Gasteiger partial charge in [-0.3, -0.25) is 4.98 Å². The zero-order valence-electron chi connectivity index (χ0n) is 19.5. The summed E-state index contributed by atoms with van der Waals surface area (Å²) in [5, 5.41) is 8.25. The number of rotatable bonds is 4. The van der Waals surface area contributed by atoms with Crippen molar-refractivity contribution in [3.8, 4) is 11.5 Å². The molecular formula is C30H26N2O2. The zero-order chi connectivity index (χ0) is 23.5. The maximum Gasteiger partial charge on any atom is 0.155 e. The molecule has 3 aromatic carbocycles. The van der Waals surface area contributed by atoms with Gasteiger partial charge in [-0.15, -0.1) is 0 Å². The summed E-state index contributed by atoms with van der Waals surface area (Å²) in [5.74, 6) is 0.638.